The molecule has 3 N–H and O–H groups in total. The largest absolute Gasteiger partial charge is 0.342 e. The van der Waals surface area contributed by atoms with Gasteiger partial charge in [0.15, 0.2) is 5.03 Å². The van der Waals surface area contributed by atoms with E-state index in [1.54, 1.807) is 31.5 Å². The van der Waals surface area contributed by atoms with Gasteiger partial charge in [-0.3, -0.25) is 19.6 Å². The lowest BCUT2D eigenvalue weighted by atomic mass is 10.3. The molecular weight excluding hydrogens is 308 g/mol. The highest BCUT2D eigenvalue weighted by molar-refractivity contribution is 8.00. The number of nitrogens with one attached hydrogen (secondary N) is 3. The highest BCUT2D eigenvalue weighted by Crippen LogP contribution is 2.16. The minimum absolute atomic E-state index is 0.000336. The van der Waals surface area contributed by atoms with Crippen LogP contribution in [0, 0.1) is 0 Å². The van der Waals surface area contributed by atoms with Crippen LogP contribution in [0.15, 0.2) is 44.2 Å². The zero-order valence-electron chi connectivity index (χ0n) is 11.4. The number of carbonyl (C=O) groups is 1. The Morgan fingerprint density at radius 1 is 1.41 bits per heavy atom. The quantitative estimate of drug-likeness (QED) is 0.386. The number of amides is 1. The van der Waals surface area contributed by atoms with E-state index in [9.17, 15) is 14.4 Å². The van der Waals surface area contributed by atoms with Crippen LogP contribution in [0.5, 0.6) is 0 Å². The summed E-state index contributed by atoms with van der Waals surface area (Å²) in [6.45, 7) is 1.59. The van der Waals surface area contributed by atoms with Crippen LogP contribution in [0.3, 0.4) is 0 Å². The third kappa shape index (κ3) is 4.38. The zero-order valence-corrected chi connectivity index (χ0v) is 12.3. The Hall–Kier alpha value is -2.75. The molecule has 0 bridgehead atoms. The summed E-state index contributed by atoms with van der Waals surface area (Å²) >= 11 is 0.912. The molecule has 0 saturated heterocycles. The van der Waals surface area contributed by atoms with E-state index in [-0.39, 0.29) is 5.03 Å². The second-order valence-electron chi connectivity index (χ2n) is 4.09. The van der Waals surface area contributed by atoms with E-state index in [0.29, 0.717) is 0 Å². The fourth-order valence-electron chi connectivity index (χ4n) is 1.35. The Morgan fingerprint density at radius 3 is 2.82 bits per heavy atom. The summed E-state index contributed by atoms with van der Waals surface area (Å²) < 4.78 is 0. The van der Waals surface area contributed by atoms with Crippen molar-refractivity contribution in [2.24, 2.45) is 5.10 Å². The van der Waals surface area contributed by atoms with Crippen molar-refractivity contribution in [2.45, 2.75) is 17.2 Å². The summed E-state index contributed by atoms with van der Waals surface area (Å²) in [5.41, 5.74) is 1.80. The van der Waals surface area contributed by atoms with Crippen molar-refractivity contribution in [3.8, 4) is 0 Å². The van der Waals surface area contributed by atoms with Crippen molar-refractivity contribution in [1.82, 2.24) is 25.6 Å². The molecule has 0 aliphatic carbocycles. The van der Waals surface area contributed by atoms with Crippen LogP contribution in [0.2, 0.25) is 0 Å². The van der Waals surface area contributed by atoms with Crippen LogP contribution in [-0.2, 0) is 4.79 Å². The molecule has 114 valence electrons. The Balaban J connectivity index is 1.93. The van der Waals surface area contributed by atoms with Crippen LogP contribution >= 0.6 is 11.8 Å². The number of aromatic nitrogens is 4. The second kappa shape index (κ2) is 7.31. The van der Waals surface area contributed by atoms with Gasteiger partial charge in [-0.1, -0.05) is 11.8 Å². The first-order valence-electron chi connectivity index (χ1n) is 6.15. The maximum absolute atomic E-state index is 11.8. The van der Waals surface area contributed by atoms with Gasteiger partial charge in [0.1, 0.15) is 0 Å². The van der Waals surface area contributed by atoms with E-state index < -0.39 is 22.4 Å². The highest BCUT2D eigenvalue weighted by atomic mass is 32.2. The van der Waals surface area contributed by atoms with Gasteiger partial charge in [-0.15, -0.1) is 0 Å². The molecule has 1 unspecified atom stereocenters. The molecular formula is C12H12N6O3S. The number of H-pyrrole nitrogens is 2. The maximum Gasteiger partial charge on any atom is 0.342 e. The van der Waals surface area contributed by atoms with E-state index in [0.717, 1.165) is 17.3 Å². The molecule has 2 rings (SSSR count). The number of pyridine rings is 1. The first kappa shape index (κ1) is 15.6. The van der Waals surface area contributed by atoms with Crippen LogP contribution in [0.25, 0.3) is 0 Å². The molecule has 10 heteroatoms. The third-order valence-corrected chi connectivity index (χ3v) is 3.50. The molecule has 0 aromatic carbocycles. The molecule has 0 saturated carbocycles. The smallest absolute Gasteiger partial charge is 0.272 e. The van der Waals surface area contributed by atoms with Gasteiger partial charge < -0.3 is 0 Å². The van der Waals surface area contributed by atoms with Crippen LogP contribution in [0.4, 0.5) is 0 Å². The average Bonchev–Trinajstić information content (AvgIpc) is 2.51. The van der Waals surface area contributed by atoms with Gasteiger partial charge in [-0.25, -0.2) is 15.3 Å². The van der Waals surface area contributed by atoms with Gasteiger partial charge in [-0.05, 0) is 24.6 Å². The van der Waals surface area contributed by atoms with Gasteiger partial charge >= 0.3 is 5.69 Å². The van der Waals surface area contributed by atoms with Crippen LogP contribution < -0.4 is 16.7 Å². The SMILES string of the molecule is CC(Sc1n[nH]c(=O)[nH]c1=O)C(=O)N/N=C/c1ccncc1. The van der Waals surface area contributed by atoms with Crippen LogP contribution in [-0.4, -0.2) is 37.5 Å². The Kier molecular flexibility index (Phi) is 5.20. The molecule has 22 heavy (non-hydrogen) atoms. The second-order valence-corrected chi connectivity index (χ2v) is 5.42. The van der Waals surface area contributed by atoms with E-state index in [4.69, 9.17) is 0 Å². The summed E-state index contributed by atoms with van der Waals surface area (Å²) in [7, 11) is 0. The number of hydrogen-bond donors (Lipinski definition) is 3. The van der Waals surface area contributed by atoms with Crippen molar-refractivity contribution < 1.29 is 4.79 Å². The summed E-state index contributed by atoms with van der Waals surface area (Å²) in [6.07, 6.45) is 4.69. The van der Waals surface area contributed by atoms with E-state index in [1.165, 1.54) is 6.21 Å². The normalized spacial score (nSPS) is 12.2. The molecule has 9 nitrogen and oxygen atoms in total. The highest BCUT2D eigenvalue weighted by Gasteiger charge is 2.16. The summed E-state index contributed by atoms with van der Waals surface area (Å²) in [4.78, 5) is 40.1. The van der Waals surface area contributed by atoms with Gasteiger partial charge in [0.2, 0.25) is 0 Å². The predicted molar refractivity (Wildman–Crippen MR) is 80.8 cm³/mol. The van der Waals surface area contributed by atoms with Crippen LogP contribution in [0.1, 0.15) is 12.5 Å². The number of nitrogens with zero attached hydrogens (tertiary/aromatic N) is 3. The van der Waals surface area contributed by atoms with Crippen molar-refractivity contribution in [3.63, 3.8) is 0 Å². The summed E-state index contributed by atoms with van der Waals surface area (Å²) in [5, 5.41) is 8.88. The number of hydrogen-bond acceptors (Lipinski definition) is 7. The van der Waals surface area contributed by atoms with E-state index >= 15 is 0 Å². The maximum atomic E-state index is 11.8. The van der Waals surface area contributed by atoms with E-state index in [2.05, 4.69) is 25.7 Å². The molecule has 1 atom stereocenters. The molecule has 0 fully saturated rings. The number of thioether (sulfide) groups is 1. The molecule has 0 spiro atoms. The molecule has 2 aromatic rings. The Morgan fingerprint density at radius 2 is 2.14 bits per heavy atom. The molecule has 1 amide bonds. The Bertz CT molecular complexity index is 785. The summed E-state index contributed by atoms with van der Waals surface area (Å²) in [5.74, 6) is -0.400. The number of hydrazone groups is 1. The van der Waals surface area contributed by atoms with Crippen molar-refractivity contribution in [3.05, 3.63) is 50.9 Å². The first-order valence-corrected chi connectivity index (χ1v) is 7.03. The Labute approximate surface area is 128 Å². The van der Waals surface area contributed by atoms with Crippen molar-refractivity contribution in [2.75, 3.05) is 0 Å². The average molecular weight is 320 g/mol. The van der Waals surface area contributed by atoms with Crippen molar-refractivity contribution >= 4 is 23.9 Å². The molecule has 0 radical (unpaired) electrons. The van der Waals surface area contributed by atoms with Gasteiger partial charge in [0, 0.05) is 12.4 Å². The van der Waals surface area contributed by atoms with Gasteiger partial charge in [0.05, 0.1) is 11.5 Å². The minimum atomic E-state index is -0.701. The molecule has 2 heterocycles. The van der Waals surface area contributed by atoms with Gasteiger partial charge in [0.25, 0.3) is 11.5 Å². The van der Waals surface area contributed by atoms with Gasteiger partial charge in [-0.2, -0.15) is 10.2 Å². The first-order chi connectivity index (χ1) is 10.6. The topological polar surface area (TPSA) is 133 Å². The minimum Gasteiger partial charge on any atom is -0.272 e. The fraction of sp³-hybridized carbons (Fsp3) is 0.167. The van der Waals surface area contributed by atoms with E-state index in [1.807, 2.05) is 4.98 Å². The molecule has 0 aliphatic rings. The lowest BCUT2D eigenvalue weighted by molar-refractivity contribution is -0.120. The zero-order chi connectivity index (χ0) is 15.9. The van der Waals surface area contributed by atoms with Crippen molar-refractivity contribution in [1.29, 1.82) is 0 Å². The lowest BCUT2D eigenvalue weighted by Gasteiger charge is -2.07. The fourth-order valence-corrected chi connectivity index (χ4v) is 2.10. The molecule has 0 aliphatic heterocycles. The predicted octanol–water partition coefficient (Wildman–Crippen LogP) is -0.516. The lowest BCUT2D eigenvalue weighted by Crippen LogP contribution is -2.30. The number of rotatable bonds is 5. The summed E-state index contributed by atoms with van der Waals surface area (Å²) in [6, 6.07) is 3.47. The monoisotopic (exact) mass is 320 g/mol. The third-order valence-electron chi connectivity index (χ3n) is 2.43. The number of aromatic amines is 2. The standard InChI is InChI=1S/C12H12N6O3S/c1-7(22-11-10(20)15-12(21)18-17-11)9(19)16-14-6-8-2-4-13-5-3-8/h2-7H,1H3,(H,16,19)(H2,15,18,20,21)/b14-6+. The molecule has 2 aromatic heterocycles. The number of carbonyl (C=O) groups excluding carboxylic acids is 1.